The van der Waals surface area contributed by atoms with Crippen molar-refractivity contribution in [3.63, 3.8) is 0 Å². The Hall–Kier alpha value is -4.98. The molecule has 1 aromatic heterocycles. The molecule has 2 saturated heterocycles. The molecule has 3 aromatic rings. The molecule has 0 unspecified atom stereocenters. The number of nitrogens with one attached hydrogen (secondary N) is 1. The van der Waals surface area contributed by atoms with Gasteiger partial charge < -0.3 is 24.6 Å². The van der Waals surface area contributed by atoms with E-state index in [1.54, 1.807) is 38.0 Å². The number of nitrogens with zero attached hydrogens (tertiary/aromatic N) is 6. The number of hydrogen-bond acceptors (Lipinski definition) is 6. The van der Waals surface area contributed by atoms with Crippen molar-refractivity contribution in [3.8, 4) is 11.8 Å². The number of rotatable bonds is 10. The number of fused-ring (bicyclic) bond motifs is 2. The normalized spacial score (nSPS) is 19.1. The molecule has 0 aliphatic carbocycles. The highest BCUT2D eigenvalue weighted by Crippen LogP contribution is 2.36. The van der Waals surface area contributed by atoms with E-state index >= 15 is 0 Å². The first-order valence-electron chi connectivity index (χ1n) is 19.4. The summed E-state index contributed by atoms with van der Waals surface area (Å²) in [5, 5.41) is 0. The SMILES string of the molecule is CC(C)[C@H](CC(=O)N(C)C)C(=O)N1CCC[C@H]1C1=Nc2ccc(C#Cc3ccc4nc([C@@H]5CCCN5C(=O)[C@@H](CC(=O)N(C)C)C(C)C)[nH]c4c3)cc2C1. The van der Waals surface area contributed by atoms with Crippen LogP contribution in [0.3, 0.4) is 0 Å². The fourth-order valence-corrected chi connectivity index (χ4v) is 7.98. The van der Waals surface area contributed by atoms with Crippen LogP contribution in [0.2, 0.25) is 0 Å². The lowest BCUT2D eigenvalue weighted by atomic mass is 9.90. The number of carbonyl (C=O) groups excluding carboxylic acids is 4. The average Bonchev–Trinajstić information content (AvgIpc) is 3.95. The number of carbonyl (C=O) groups is 4. The van der Waals surface area contributed by atoms with Crippen LogP contribution in [0.15, 0.2) is 41.4 Å². The Morgan fingerprint density at radius 2 is 1.31 bits per heavy atom. The van der Waals surface area contributed by atoms with Crippen LogP contribution in [-0.2, 0) is 25.6 Å². The summed E-state index contributed by atoms with van der Waals surface area (Å²) in [5.41, 5.74) is 6.47. The number of likely N-dealkylation sites (tertiary alicyclic amines) is 2. The number of imidazole rings is 1. The molecule has 286 valence electrons. The molecule has 0 radical (unpaired) electrons. The number of aromatic amines is 1. The summed E-state index contributed by atoms with van der Waals surface area (Å²) in [7, 11) is 6.92. The van der Waals surface area contributed by atoms with Gasteiger partial charge in [0.1, 0.15) is 5.82 Å². The number of benzene rings is 2. The lowest BCUT2D eigenvalue weighted by Gasteiger charge is -2.31. The van der Waals surface area contributed by atoms with Gasteiger partial charge in [-0.1, -0.05) is 39.5 Å². The van der Waals surface area contributed by atoms with Crippen molar-refractivity contribution in [2.24, 2.45) is 28.7 Å². The van der Waals surface area contributed by atoms with Crippen LogP contribution in [0, 0.1) is 35.5 Å². The monoisotopic (exact) mass is 733 g/mol. The van der Waals surface area contributed by atoms with Gasteiger partial charge in [-0.15, -0.1) is 0 Å². The van der Waals surface area contributed by atoms with E-state index in [-0.39, 0.29) is 72.2 Å². The van der Waals surface area contributed by atoms with Crippen LogP contribution in [0.5, 0.6) is 0 Å². The van der Waals surface area contributed by atoms with E-state index < -0.39 is 0 Å². The topological polar surface area (TPSA) is 122 Å². The highest BCUT2D eigenvalue weighted by atomic mass is 16.2. The Balaban J connectivity index is 1.13. The van der Waals surface area contributed by atoms with Gasteiger partial charge in [-0.3, -0.25) is 24.2 Å². The standard InChI is InChI=1S/C43H55N7O4/c1-26(2)31(24-39(51)47(5)6)42(53)49-19-9-11-37(49)36-23-30-21-28(15-17-33(30)44-36)13-14-29-16-18-34-35(22-29)46-41(45-34)38-12-10-20-50(38)43(54)32(27(3)4)25-40(52)48(7)8/h15-18,21-22,26-27,31-32,37-38H,9-12,19-20,23-25H2,1-8H3,(H,45,46)/t31-,32-,37-,38-/m0/s1. The Bertz CT molecular complexity index is 2020. The van der Waals surface area contributed by atoms with Crippen molar-refractivity contribution in [2.75, 3.05) is 41.3 Å². The second-order valence-electron chi connectivity index (χ2n) is 16.3. The number of aliphatic imine (C=N–C) groups is 1. The zero-order valence-electron chi connectivity index (χ0n) is 33.1. The van der Waals surface area contributed by atoms with Crippen molar-refractivity contribution in [2.45, 2.75) is 84.7 Å². The molecule has 3 aliphatic heterocycles. The quantitative estimate of drug-likeness (QED) is 0.266. The van der Waals surface area contributed by atoms with E-state index in [1.807, 2.05) is 67.8 Å². The smallest absolute Gasteiger partial charge is 0.227 e. The molecule has 4 heterocycles. The minimum Gasteiger partial charge on any atom is -0.349 e. The molecule has 11 nitrogen and oxygen atoms in total. The summed E-state index contributed by atoms with van der Waals surface area (Å²) in [4.78, 5) is 73.0. The summed E-state index contributed by atoms with van der Waals surface area (Å²) < 4.78 is 0. The second kappa shape index (κ2) is 16.2. The van der Waals surface area contributed by atoms with Gasteiger partial charge in [-0.2, -0.15) is 0 Å². The van der Waals surface area contributed by atoms with Crippen molar-refractivity contribution in [1.82, 2.24) is 29.6 Å². The van der Waals surface area contributed by atoms with Gasteiger partial charge in [0.2, 0.25) is 23.6 Å². The van der Waals surface area contributed by atoms with E-state index in [0.29, 0.717) is 19.5 Å². The maximum atomic E-state index is 13.8. The van der Waals surface area contributed by atoms with Crippen LogP contribution >= 0.6 is 0 Å². The van der Waals surface area contributed by atoms with Crippen LogP contribution in [0.4, 0.5) is 5.69 Å². The number of aromatic nitrogens is 2. The Morgan fingerprint density at radius 1 is 0.778 bits per heavy atom. The first kappa shape index (κ1) is 38.7. The van der Waals surface area contributed by atoms with E-state index in [0.717, 1.165) is 70.6 Å². The highest BCUT2D eigenvalue weighted by molar-refractivity contribution is 6.00. The number of H-pyrrole nitrogens is 1. The van der Waals surface area contributed by atoms with Crippen molar-refractivity contribution < 1.29 is 19.2 Å². The van der Waals surface area contributed by atoms with E-state index in [2.05, 4.69) is 22.9 Å². The van der Waals surface area contributed by atoms with E-state index in [9.17, 15) is 19.2 Å². The molecule has 11 heteroatoms. The molecule has 0 bridgehead atoms. The molecule has 1 N–H and O–H groups in total. The number of hydrogen-bond donors (Lipinski definition) is 1. The molecule has 4 amide bonds. The van der Waals surface area contributed by atoms with Gasteiger partial charge in [0.05, 0.1) is 28.8 Å². The molecule has 3 aliphatic rings. The fourth-order valence-electron chi connectivity index (χ4n) is 7.98. The largest absolute Gasteiger partial charge is 0.349 e. The Morgan fingerprint density at radius 3 is 1.89 bits per heavy atom. The lowest BCUT2D eigenvalue weighted by molar-refractivity contribution is -0.142. The molecule has 2 fully saturated rings. The summed E-state index contributed by atoms with van der Waals surface area (Å²) in [6.45, 7) is 9.38. The molecule has 0 saturated carbocycles. The van der Waals surface area contributed by atoms with Crippen LogP contribution in [-0.4, -0.2) is 106 Å². The predicted octanol–water partition coefficient (Wildman–Crippen LogP) is 5.75. The molecular formula is C43H55N7O4. The maximum absolute atomic E-state index is 13.8. The minimum absolute atomic E-state index is 0.0173. The third-order valence-electron chi connectivity index (χ3n) is 11.4. The van der Waals surface area contributed by atoms with E-state index in [1.165, 1.54) is 0 Å². The summed E-state index contributed by atoms with van der Waals surface area (Å²) >= 11 is 0. The predicted molar refractivity (Wildman–Crippen MR) is 211 cm³/mol. The Labute approximate surface area is 319 Å². The molecule has 4 atom stereocenters. The zero-order chi connectivity index (χ0) is 38.8. The minimum atomic E-state index is -0.376. The summed E-state index contributed by atoms with van der Waals surface area (Å²) in [5.74, 6) is 6.80. The lowest BCUT2D eigenvalue weighted by Crippen LogP contribution is -2.45. The number of amides is 4. The summed E-state index contributed by atoms with van der Waals surface area (Å²) in [6.07, 6.45) is 4.60. The zero-order valence-corrected chi connectivity index (χ0v) is 33.1. The molecule has 0 spiro atoms. The molecule has 2 aromatic carbocycles. The van der Waals surface area contributed by atoms with Crippen molar-refractivity contribution in [1.29, 1.82) is 0 Å². The van der Waals surface area contributed by atoms with Gasteiger partial charge in [-0.25, -0.2) is 4.98 Å². The fraction of sp³-hybridized carbons (Fsp3) is 0.535. The van der Waals surface area contributed by atoms with Crippen molar-refractivity contribution in [3.05, 3.63) is 58.9 Å². The molecule has 54 heavy (non-hydrogen) atoms. The van der Waals surface area contributed by atoms with E-state index in [4.69, 9.17) is 9.98 Å². The first-order valence-corrected chi connectivity index (χ1v) is 19.4. The average molecular weight is 734 g/mol. The highest BCUT2D eigenvalue weighted by Gasteiger charge is 2.40. The third-order valence-corrected chi connectivity index (χ3v) is 11.4. The van der Waals surface area contributed by atoms with Crippen LogP contribution < -0.4 is 0 Å². The third kappa shape index (κ3) is 8.23. The van der Waals surface area contributed by atoms with Gasteiger partial charge >= 0.3 is 0 Å². The van der Waals surface area contributed by atoms with Gasteiger partial charge in [-0.05, 0) is 79.5 Å². The summed E-state index contributed by atoms with van der Waals surface area (Å²) in [6, 6.07) is 11.8. The van der Waals surface area contributed by atoms with Gasteiger partial charge in [0.25, 0.3) is 0 Å². The molecular weight excluding hydrogens is 679 g/mol. The van der Waals surface area contributed by atoms with Crippen LogP contribution in [0.1, 0.15) is 94.8 Å². The van der Waals surface area contributed by atoms with Crippen LogP contribution in [0.25, 0.3) is 11.0 Å². The van der Waals surface area contributed by atoms with Gasteiger partial charge in [0.15, 0.2) is 0 Å². The molecule has 6 rings (SSSR count). The van der Waals surface area contributed by atoms with Crippen molar-refractivity contribution >= 4 is 46.1 Å². The van der Waals surface area contributed by atoms with Gasteiger partial charge in [0, 0.05) is 89.2 Å². The second-order valence-corrected chi connectivity index (χ2v) is 16.3. The maximum Gasteiger partial charge on any atom is 0.227 e. The Kier molecular flexibility index (Phi) is 11.6. The first-order chi connectivity index (χ1) is 25.7.